The summed E-state index contributed by atoms with van der Waals surface area (Å²) in [7, 11) is 0. The number of halogens is 1. The van der Waals surface area contributed by atoms with Crippen LogP contribution in [0.1, 0.15) is 5.56 Å². The highest BCUT2D eigenvalue weighted by Crippen LogP contribution is 2.18. The van der Waals surface area contributed by atoms with Crippen molar-refractivity contribution in [1.82, 2.24) is 0 Å². The van der Waals surface area contributed by atoms with Crippen molar-refractivity contribution >= 4 is 23.2 Å². The molecule has 13 heavy (non-hydrogen) atoms. The molecular weight excluding hydrogens is 188 g/mol. The molecule has 3 nitrogen and oxygen atoms in total. The van der Waals surface area contributed by atoms with E-state index in [1.165, 1.54) is 0 Å². The summed E-state index contributed by atoms with van der Waals surface area (Å²) in [5.41, 5.74) is 6.80. The second-order valence-electron chi connectivity index (χ2n) is 2.72. The highest BCUT2D eigenvalue weighted by molar-refractivity contribution is 6.31. The SMILES string of the molecule is Cc1cc(NC(=O)CN)ccc1Cl. The average molecular weight is 199 g/mol. The van der Waals surface area contributed by atoms with Crippen molar-refractivity contribution in [2.24, 2.45) is 5.73 Å². The van der Waals surface area contributed by atoms with Gasteiger partial charge < -0.3 is 11.1 Å². The maximum Gasteiger partial charge on any atom is 0.238 e. The van der Waals surface area contributed by atoms with Crippen LogP contribution in [0.15, 0.2) is 18.2 Å². The molecule has 0 fully saturated rings. The second kappa shape index (κ2) is 4.25. The van der Waals surface area contributed by atoms with Crippen molar-refractivity contribution in [3.05, 3.63) is 28.8 Å². The summed E-state index contributed by atoms with van der Waals surface area (Å²) in [5.74, 6) is -0.207. The van der Waals surface area contributed by atoms with E-state index < -0.39 is 0 Å². The summed E-state index contributed by atoms with van der Waals surface area (Å²) in [6, 6.07) is 5.28. The monoisotopic (exact) mass is 198 g/mol. The van der Waals surface area contributed by atoms with Gasteiger partial charge in [-0.2, -0.15) is 0 Å². The number of carbonyl (C=O) groups excluding carboxylic acids is 1. The van der Waals surface area contributed by atoms with Gasteiger partial charge in [0.05, 0.1) is 6.54 Å². The molecule has 0 saturated heterocycles. The Kier molecular flexibility index (Phi) is 3.28. The van der Waals surface area contributed by atoms with Gasteiger partial charge in [-0.1, -0.05) is 11.6 Å². The van der Waals surface area contributed by atoms with Crippen molar-refractivity contribution in [2.45, 2.75) is 6.92 Å². The molecule has 1 rings (SSSR count). The Morgan fingerprint density at radius 1 is 1.62 bits per heavy atom. The molecule has 1 aromatic rings. The highest BCUT2D eigenvalue weighted by Gasteiger charge is 2.00. The fourth-order valence-corrected chi connectivity index (χ4v) is 1.05. The van der Waals surface area contributed by atoms with Gasteiger partial charge in [0.1, 0.15) is 0 Å². The Balaban J connectivity index is 2.79. The lowest BCUT2D eigenvalue weighted by atomic mass is 10.2. The third kappa shape index (κ3) is 2.72. The van der Waals surface area contributed by atoms with Crippen LogP contribution in [0.3, 0.4) is 0 Å². The van der Waals surface area contributed by atoms with Crippen LogP contribution < -0.4 is 11.1 Å². The number of aryl methyl sites for hydroxylation is 1. The van der Waals surface area contributed by atoms with E-state index in [0.29, 0.717) is 5.02 Å². The summed E-state index contributed by atoms with van der Waals surface area (Å²) < 4.78 is 0. The lowest BCUT2D eigenvalue weighted by Gasteiger charge is -2.04. The van der Waals surface area contributed by atoms with Crippen molar-refractivity contribution in [3.63, 3.8) is 0 Å². The largest absolute Gasteiger partial charge is 0.325 e. The molecule has 0 heterocycles. The van der Waals surface area contributed by atoms with Crippen LogP contribution in [0, 0.1) is 6.92 Å². The molecule has 1 aromatic carbocycles. The molecule has 0 aliphatic rings. The van der Waals surface area contributed by atoms with Crippen LogP contribution in [0.25, 0.3) is 0 Å². The number of amides is 1. The van der Waals surface area contributed by atoms with E-state index in [4.69, 9.17) is 17.3 Å². The zero-order valence-electron chi connectivity index (χ0n) is 7.30. The normalized spacial score (nSPS) is 9.77. The first kappa shape index (κ1) is 10.0. The van der Waals surface area contributed by atoms with Gasteiger partial charge in [-0.15, -0.1) is 0 Å². The molecular formula is C9H11ClN2O. The molecule has 4 heteroatoms. The first-order valence-corrected chi connectivity index (χ1v) is 4.27. The number of nitrogens with two attached hydrogens (primary N) is 1. The van der Waals surface area contributed by atoms with Crippen molar-refractivity contribution in [2.75, 3.05) is 11.9 Å². The fourth-order valence-electron chi connectivity index (χ4n) is 0.934. The van der Waals surface area contributed by atoms with E-state index in [0.717, 1.165) is 11.3 Å². The molecule has 0 radical (unpaired) electrons. The van der Waals surface area contributed by atoms with Crippen LogP contribution in [0.2, 0.25) is 5.02 Å². The van der Waals surface area contributed by atoms with E-state index >= 15 is 0 Å². The predicted molar refractivity (Wildman–Crippen MR) is 53.9 cm³/mol. The molecule has 1 amide bonds. The molecule has 0 saturated carbocycles. The topological polar surface area (TPSA) is 55.1 Å². The van der Waals surface area contributed by atoms with Crippen LogP contribution in [-0.4, -0.2) is 12.5 Å². The van der Waals surface area contributed by atoms with Gasteiger partial charge in [0, 0.05) is 10.7 Å². The first-order valence-electron chi connectivity index (χ1n) is 3.89. The summed E-state index contributed by atoms with van der Waals surface area (Å²) in [5, 5.41) is 3.32. The Hall–Kier alpha value is -1.06. The fraction of sp³-hybridized carbons (Fsp3) is 0.222. The molecule has 0 unspecified atom stereocenters. The van der Waals surface area contributed by atoms with Gasteiger partial charge in [-0.25, -0.2) is 0 Å². The summed E-state index contributed by atoms with van der Waals surface area (Å²) in [4.78, 5) is 10.9. The van der Waals surface area contributed by atoms with Crippen molar-refractivity contribution < 1.29 is 4.79 Å². The maximum absolute atomic E-state index is 10.9. The molecule has 0 bridgehead atoms. The number of hydrogen-bond acceptors (Lipinski definition) is 2. The Labute approximate surface area is 81.9 Å². The van der Waals surface area contributed by atoms with Gasteiger partial charge >= 0.3 is 0 Å². The maximum atomic E-state index is 10.9. The molecule has 70 valence electrons. The minimum absolute atomic E-state index is 0.0122. The lowest BCUT2D eigenvalue weighted by molar-refractivity contribution is -0.114. The molecule has 0 aliphatic carbocycles. The zero-order valence-corrected chi connectivity index (χ0v) is 8.06. The number of carbonyl (C=O) groups is 1. The van der Waals surface area contributed by atoms with Crippen LogP contribution in [-0.2, 0) is 4.79 Å². The number of nitrogens with one attached hydrogen (secondary N) is 1. The highest BCUT2D eigenvalue weighted by atomic mass is 35.5. The standard InChI is InChI=1S/C9H11ClN2O/c1-6-4-7(2-3-8(6)10)12-9(13)5-11/h2-4H,5,11H2,1H3,(H,12,13). The summed E-state index contributed by atoms with van der Waals surface area (Å²) in [6.07, 6.45) is 0. The van der Waals surface area contributed by atoms with Crippen molar-refractivity contribution in [3.8, 4) is 0 Å². The van der Waals surface area contributed by atoms with Gasteiger partial charge in [0.25, 0.3) is 0 Å². The molecule has 0 atom stereocenters. The van der Waals surface area contributed by atoms with E-state index in [-0.39, 0.29) is 12.5 Å². The molecule has 0 aromatic heterocycles. The number of hydrogen-bond donors (Lipinski definition) is 2. The first-order chi connectivity index (χ1) is 6.13. The van der Waals surface area contributed by atoms with E-state index in [2.05, 4.69) is 5.32 Å². The van der Waals surface area contributed by atoms with Crippen molar-refractivity contribution in [1.29, 1.82) is 0 Å². The lowest BCUT2D eigenvalue weighted by Crippen LogP contribution is -2.21. The Morgan fingerprint density at radius 2 is 2.31 bits per heavy atom. The quantitative estimate of drug-likeness (QED) is 0.758. The van der Waals surface area contributed by atoms with Gasteiger partial charge in [-0.05, 0) is 30.7 Å². The Bertz CT molecular complexity index is 325. The minimum atomic E-state index is -0.207. The average Bonchev–Trinajstić information content (AvgIpc) is 2.11. The molecule has 3 N–H and O–H groups in total. The predicted octanol–water partition coefficient (Wildman–Crippen LogP) is 1.55. The molecule has 0 aliphatic heterocycles. The number of rotatable bonds is 2. The van der Waals surface area contributed by atoms with Crippen LogP contribution in [0.5, 0.6) is 0 Å². The third-order valence-corrected chi connectivity index (χ3v) is 2.05. The minimum Gasteiger partial charge on any atom is -0.325 e. The number of benzene rings is 1. The van der Waals surface area contributed by atoms with E-state index in [1.54, 1.807) is 18.2 Å². The summed E-state index contributed by atoms with van der Waals surface area (Å²) in [6.45, 7) is 1.86. The smallest absolute Gasteiger partial charge is 0.238 e. The number of anilines is 1. The van der Waals surface area contributed by atoms with E-state index in [9.17, 15) is 4.79 Å². The van der Waals surface area contributed by atoms with Gasteiger partial charge in [0.2, 0.25) is 5.91 Å². The van der Waals surface area contributed by atoms with Crippen LogP contribution in [0.4, 0.5) is 5.69 Å². The third-order valence-electron chi connectivity index (χ3n) is 1.63. The van der Waals surface area contributed by atoms with Gasteiger partial charge in [0.15, 0.2) is 0 Å². The van der Waals surface area contributed by atoms with E-state index in [1.807, 2.05) is 6.92 Å². The summed E-state index contributed by atoms with van der Waals surface area (Å²) >= 11 is 5.81. The molecule has 0 spiro atoms. The van der Waals surface area contributed by atoms with Crippen LogP contribution >= 0.6 is 11.6 Å². The Morgan fingerprint density at radius 3 is 2.85 bits per heavy atom. The van der Waals surface area contributed by atoms with Gasteiger partial charge in [-0.3, -0.25) is 4.79 Å². The zero-order chi connectivity index (χ0) is 9.84. The second-order valence-corrected chi connectivity index (χ2v) is 3.12.